The lowest BCUT2D eigenvalue weighted by Crippen LogP contribution is -2.51. The van der Waals surface area contributed by atoms with Crippen LogP contribution in [0.1, 0.15) is 12.5 Å². The first kappa shape index (κ1) is 22.4. The zero-order chi connectivity index (χ0) is 21.8. The summed E-state index contributed by atoms with van der Waals surface area (Å²) in [5.74, 6) is -2.94. The van der Waals surface area contributed by atoms with E-state index in [-0.39, 0.29) is 5.91 Å². The van der Waals surface area contributed by atoms with Crippen LogP contribution in [0, 0.1) is 6.92 Å². The van der Waals surface area contributed by atoms with Gasteiger partial charge in [0.05, 0.1) is 0 Å². The molecule has 2 aromatic rings. The largest absolute Gasteiger partial charge is 0.490 e. The second kappa shape index (κ2) is 9.08. The smallest absolute Gasteiger partial charge is 0.475 e. The number of piperazine rings is 1. The van der Waals surface area contributed by atoms with Crippen LogP contribution < -0.4 is 4.90 Å². The van der Waals surface area contributed by atoms with Crippen molar-refractivity contribution in [2.24, 2.45) is 0 Å². The van der Waals surface area contributed by atoms with Gasteiger partial charge in [-0.05, 0) is 25.5 Å². The number of benzene rings is 1. The van der Waals surface area contributed by atoms with Crippen molar-refractivity contribution in [2.45, 2.75) is 26.1 Å². The summed E-state index contributed by atoms with van der Waals surface area (Å²) in [4.78, 5) is 29.1. The maximum atomic E-state index is 11.9. The molecular formula is C19H22F3N3O4. The number of aliphatic hydroxyl groups excluding tert-OH is 1. The van der Waals surface area contributed by atoms with Crippen molar-refractivity contribution in [3.05, 3.63) is 36.2 Å². The molecule has 10 heteroatoms. The predicted octanol–water partition coefficient (Wildman–Crippen LogP) is 2.21. The van der Waals surface area contributed by atoms with Crippen LogP contribution in [0.15, 0.2) is 30.6 Å². The first-order valence-electron chi connectivity index (χ1n) is 8.87. The Morgan fingerprint density at radius 3 is 2.24 bits per heavy atom. The molecule has 2 N–H and O–H groups in total. The number of alkyl halides is 3. The lowest BCUT2D eigenvalue weighted by atomic mass is 10.1. The molecule has 1 saturated heterocycles. The summed E-state index contributed by atoms with van der Waals surface area (Å²) in [5.41, 5.74) is 2.36. The number of aryl methyl sites for hydroxylation is 1. The molecule has 1 aromatic heterocycles. The Balaban J connectivity index is 0.000000370. The second-order valence-corrected chi connectivity index (χ2v) is 6.62. The number of halogens is 3. The summed E-state index contributed by atoms with van der Waals surface area (Å²) in [7, 11) is 0. The molecular weight excluding hydrogens is 391 g/mol. The van der Waals surface area contributed by atoms with E-state index in [4.69, 9.17) is 9.90 Å². The molecule has 0 spiro atoms. The number of anilines is 1. The number of carbonyl (C=O) groups excluding carboxylic acids is 1. The van der Waals surface area contributed by atoms with Crippen LogP contribution in [-0.4, -0.2) is 70.4 Å². The SMILES string of the molecule is Cc1cncc2cccc(N3CCN(C(=O)[C@H](C)O)CC3)c12.O=C(O)C(F)(F)F. The van der Waals surface area contributed by atoms with Gasteiger partial charge in [0, 0.05) is 55.0 Å². The maximum absolute atomic E-state index is 11.9. The van der Waals surface area contributed by atoms with Gasteiger partial charge in [-0.2, -0.15) is 13.2 Å². The molecule has 1 aromatic carbocycles. The number of aliphatic carboxylic acids is 1. The highest BCUT2D eigenvalue weighted by molar-refractivity contribution is 5.96. The summed E-state index contributed by atoms with van der Waals surface area (Å²) in [6.45, 7) is 6.44. The monoisotopic (exact) mass is 413 g/mol. The minimum atomic E-state index is -5.08. The third-order valence-electron chi connectivity index (χ3n) is 4.48. The molecule has 3 rings (SSSR count). The fourth-order valence-corrected chi connectivity index (χ4v) is 3.08. The van der Waals surface area contributed by atoms with Crippen molar-refractivity contribution in [3.8, 4) is 0 Å². The Bertz CT molecular complexity index is 873. The third kappa shape index (κ3) is 5.57. The van der Waals surface area contributed by atoms with Crippen LogP contribution in [-0.2, 0) is 9.59 Å². The van der Waals surface area contributed by atoms with Crippen molar-refractivity contribution in [1.29, 1.82) is 0 Å². The molecule has 0 bridgehead atoms. The molecule has 2 heterocycles. The lowest BCUT2D eigenvalue weighted by Gasteiger charge is -2.37. The number of fused-ring (bicyclic) bond motifs is 1. The van der Waals surface area contributed by atoms with Gasteiger partial charge in [0.25, 0.3) is 5.91 Å². The lowest BCUT2D eigenvalue weighted by molar-refractivity contribution is -0.192. The van der Waals surface area contributed by atoms with Crippen molar-refractivity contribution < 1.29 is 33.0 Å². The quantitative estimate of drug-likeness (QED) is 0.784. The zero-order valence-electron chi connectivity index (χ0n) is 16.0. The number of hydrogen-bond acceptors (Lipinski definition) is 5. The molecule has 7 nitrogen and oxygen atoms in total. The highest BCUT2D eigenvalue weighted by atomic mass is 19.4. The Hall–Kier alpha value is -2.88. The van der Waals surface area contributed by atoms with Gasteiger partial charge >= 0.3 is 12.1 Å². The van der Waals surface area contributed by atoms with E-state index < -0.39 is 18.2 Å². The highest BCUT2D eigenvalue weighted by Crippen LogP contribution is 2.29. The van der Waals surface area contributed by atoms with Gasteiger partial charge < -0.3 is 20.0 Å². The summed E-state index contributed by atoms with van der Waals surface area (Å²) < 4.78 is 31.7. The number of aliphatic hydroxyl groups is 1. The van der Waals surface area contributed by atoms with E-state index in [2.05, 4.69) is 28.9 Å². The van der Waals surface area contributed by atoms with E-state index in [0.717, 1.165) is 24.0 Å². The molecule has 0 radical (unpaired) electrons. The van der Waals surface area contributed by atoms with Crippen LogP contribution in [0.5, 0.6) is 0 Å². The Labute approximate surface area is 165 Å². The van der Waals surface area contributed by atoms with E-state index in [9.17, 15) is 23.1 Å². The van der Waals surface area contributed by atoms with Crippen molar-refractivity contribution in [1.82, 2.24) is 9.88 Å². The number of aromatic nitrogens is 1. The molecule has 0 aliphatic carbocycles. The van der Waals surface area contributed by atoms with E-state index in [1.807, 2.05) is 18.5 Å². The van der Waals surface area contributed by atoms with E-state index in [1.165, 1.54) is 18.0 Å². The van der Waals surface area contributed by atoms with Crippen molar-refractivity contribution in [3.63, 3.8) is 0 Å². The van der Waals surface area contributed by atoms with E-state index in [1.54, 1.807) is 4.90 Å². The van der Waals surface area contributed by atoms with Crippen LogP contribution in [0.2, 0.25) is 0 Å². The molecule has 1 amide bonds. The van der Waals surface area contributed by atoms with E-state index in [0.29, 0.717) is 13.1 Å². The number of amides is 1. The molecule has 158 valence electrons. The number of nitrogens with zero attached hydrogens (tertiary/aromatic N) is 3. The van der Waals surface area contributed by atoms with Gasteiger partial charge in [-0.15, -0.1) is 0 Å². The number of rotatable bonds is 2. The number of carboxylic acids is 1. The Morgan fingerprint density at radius 1 is 1.14 bits per heavy atom. The van der Waals surface area contributed by atoms with Crippen LogP contribution in [0.4, 0.5) is 18.9 Å². The number of hydrogen-bond donors (Lipinski definition) is 2. The topological polar surface area (TPSA) is 94.0 Å². The summed E-state index contributed by atoms with van der Waals surface area (Å²) >= 11 is 0. The molecule has 1 fully saturated rings. The van der Waals surface area contributed by atoms with Gasteiger partial charge in [-0.25, -0.2) is 4.79 Å². The first-order chi connectivity index (χ1) is 13.5. The highest BCUT2D eigenvalue weighted by Gasteiger charge is 2.38. The van der Waals surface area contributed by atoms with E-state index >= 15 is 0 Å². The maximum Gasteiger partial charge on any atom is 0.490 e. The van der Waals surface area contributed by atoms with Crippen molar-refractivity contribution in [2.75, 3.05) is 31.1 Å². The normalized spacial score (nSPS) is 15.5. The molecule has 0 unspecified atom stereocenters. The van der Waals surface area contributed by atoms with Gasteiger partial charge in [-0.3, -0.25) is 9.78 Å². The van der Waals surface area contributed by atoms with Crippen LogP contribution in [0.3, 0.4) is 0 Å². The summed E-state index contributed by atoms with van der Waals surface area (Å²) in [6.07, 6.45) is -2.23. The summed E-state index contributed by atoms with van der Waals surface area (Å²) in [5, 5.41) is 18.9. The number of carboxylic acid groups (broad SMARTS) is 1. The third-order valence-corrected chi connectivity index (χ3v) is 4.48. The minimum absolute atomic E-state index is 0.182. The first-order valence-corrected chi connectivity index (χ1v) is 8.87. The number of carbonyl (C=O) groups is 2. The Kier molecular flexibility index (Phi) is 7.02. The Morgan fingerprint density at radius 2 is 1.72 bits per heavy atom. The van der Waals surface area contributed by atoms with Crippen LogP contribution >= 0.6 is 0 Å². The average Bonchev–Trinajstić information content (AvgIpc) is 2.67. The van der Waals surface area contributed by atoms with Gasteiger partial charge in [-0.1, -0.05) is 12.1 Å². The molecule has 0 saturated carbocycles. The van der Waals surface area contributed by atoms with Crippen LogP contribution in [0.25, 0.3) is 10.8 Å². The average molecular weight is 413 g/mol. The minimum Gasteiger partial charge on any atom is -0.475 e. The molecule has 1 atom stereocenters. The fourth-order valence-electron chi connectivity index (χ4n) is 3.08. The standard InChI is InChI=1S/C17H21N3O2.C2HF3O2/c1-12-10-18-11-14-4-3-5-15(16(12)14)19-6-8-20(9-7-19)17(22)13(2)21;3-2(4,5)1(6)7/h3-5,10-11,13,21H,6-9H2,1-2H3;(H,6,7)/t13-;/m0./s1. The molecule has 1 aliphatic rings. The van der Waals surface area contributed by atoms with Gasteiger partial charge in [0.2, 0.25) is 0 Å². The zero-order valence-corrected chi connectivity index (χ0v) is 16.0. The van der Waals surface area contributed by atoms with Gasteiger partial charge in [0.15, 0.2) is 0 Å². The molecule has 29 heavy (non-hydrogen) atoms. The predicted molar refractivity (Wildman–Crippen MR) is 101 cm³/mol. The fraction of sp³-hybridized carbons (Fsp3) is 0.421. The second-order valence-electron chi connectivity index (χ2n) is 6.62. The van der Waals surface area contributed by atoms with Gasteiger partial charge in [0.1, 0.15) is 6.10 Å². The van der Waals surface area contributed by atoms with Crippen molar-refractivity contribution >= 4 is 28.3 Å². The molecule has 1 aliphatic heterocycles. The summed E-state index contributed by atoms with van der Waals surface area (Å²) in [6, 6.07) is 6.25. The number of pyridine rings is 1.